The Morgan fingerprint density at radius 2 is 0.346 bits per heavy atom. The van der Waals surface area contributed by atoms with Gasteiger partial charge in [-0.15, -0.1) is 0 Å². The third-order valence-electron chi connectivity index (χ3n) is 8.29. The van der Waals surface area contributed by atoms with Crippen LogP contribution in [0.2, 0.25) is 0 Å². The van der Waals surface area contributed by atoms with Crippen molar-refractivity contribution in [2.24, 2.45) is 59.2 Å². The molecule has 0 aromatic heterocycles. The molecule has 0 nitrogen and oxygen atoms in total. The van der Waals surface area contributed by atoms with Gasteiger partial charge >= 0.3 is 69.1 Å². The van der Waals surface area contributed by atoms with Crippen LogP contribution in [0.3, 0.4) is 0 Å². The molecule has 2 aliphatic carbocycles. The van der Waals surface area contributed by atoms with Crippen molar-refractivity contribution in [2.45, 2.75) is 69.2 Å². The van der Waals surface area contributed by atoms with E-state index in [1.54, 1.807) is 0 Å². The molecule has 0 unspecified atom stereocenters. The minimum atomic E-state index is -0.346. The van der Waals surface area contributed by atoms with Crippen LogP contribution in [-0.2, 0) is 30.3 Å². The van der Waals surface area contributed by atoms with Crippen LogP contribution in [0.25, 0.3) is 0 Å². The topological polar surface area (TPSA) is 0 Å². The summed E-state index contributed by atoms with van der Waals surface area (Å²) >= 11 is -0.691. The molecule has 0 aliphatic heterocycles. The molecule has 6 heteroatoms. The Balaban J connectivity index is 0. The van der Waals surface area contributed by atoms with Gasteiger partial charge in [0.25, 0.3) is 0 Å². The Bertz CT molecular complexity index is 224. The van der Waals surface area contributed by atoms with Crippen LogP contribution in [0.4, 0.5) is 0 Å². The Morgan fingerprint density at radius 1 is 0.308 bits per heavy atom. The standard InChI is InChI=1S/2C10H20.4ClH.2Ru/c2*1-6-7(2)9(4)10(5)8(6)3;;;;;;/h2*6-10H,1-5H3;4*1H;;/q;;;;;;2*+2/p-4. The van der Waals surface area contributed by atoms with E-state index in [0.717, 1.165) is 59.2 Å². The van der Waals surface area contributed by atoms with Crippen LogP contribution >= 0.6 is 38.8 Å². The fourth-order valence-corrected chi connectivity index (χ4v) is 4.79. The Labute approximate surface area is 196 Å². The van der Waals surface area contributed by atoms with E-state index < -0.39 is 0 Å². The van der Waals surface area contributed by atoms with E-state index in [4.69, 9.17) is 38.8 Å². The number of rotatable bonds is 0. The summed E-state index contributed by atoms with van der Waals surface area (Å²) in [6, 6.07) is 0. The third-order valence-corrected chi connectivity index (χ3v) is 8.29. The number of hydrogen-bond donors (Lipinski definition) is 0. The van der Waals surface area contributed by atoms with E-state index in [9.17, 15) is 0 Å². The molecule has 164 valence electrons. The summed E-state index contributed by atoms with van der Waals surface area (Å²) in [6.45, 7) is 24.0. The number of halogens is 4. The van der Waals surface area contributed by atoms with E-state index in [2.05, 4.69) is 69.2 Å². The van der Waals surface area contributed by atoms with Gasteiger partial charge in [-0.2, -0.15) is 0 Å². The van der Waals surface area contributed by atoms with Crippen LogP contribution in [0.5, 0.6) is 0 Å². The maximum absolute atomic E-state index is 4.85. The summed E-state index contributed by atoms with van der Waals surface area (Å²) in [6.07, 6.45) is 0. The van der Waals surface area contributed by atoms with Gasteiger partial charge in [0, 0.05) is 0 Å². The first-order valence-corrected chi connectivity index (χ1v) is 18.6. The summed E-state index contributed by atoms with van der Waals surface area (Å²) in [7, 11) is 19.4. The van der Waals surface area contributed by atoms with Gasteiger partial charge in [-0.3, -0.25) is 0 Å². The first-order chi connectivity index (χ1) is 11.9. The van der Waals surface area contributed by atoms with Crippen molar-refractivity contribution < 1.29 is 30.3 Å². The van der Waals surface area contributed by atoms with Crippen LogP contribution in [0.1, 0.15) is 69.2 Å². The molecule has 2 aliphatic rings. The molecule has 0 N–H and O–H groups in total. The van der Waals surface area contributed by atoms with Crippen molar-refractivity contribution in [3.8, 4) is 0 Å². The van der Waals surface area contributed by atoms with Gasteiger partial charge in [0.05, 0.1) is 0 Å². The van der Waals surface area contributed by atoms with Gasteiger partial charge in [0.15, 0.2) is 0 Å². The molecule has 2 rings (SSSR count). The van der Waals surface area contributed by atoms with Crippen molar-refractivity contribution in [3.63, 3.8) is 0 Å². The second kappa shape index (κ2) is 16.1. The summed E-state index contributed by atoms with van der Waals surface area (Å²) in [5.41, 5.74) is 0. The van der Waals surface area contributed by atoms with Crippen LogP contribution in [-0.4, -0.2) is 0 Å². The average Bonchev–Trinajstić information content (AvgIpc) is 2.87. The zero-order chi connectivity index (χ0) is 21.2. The van der Waals surface area contributed by atoms with E-state index in [0.29, 0.717) is 0 Å². The van der Waals surface area contributed by atoms with Gasteiger partial charge in [-0.1, -0.05) is 69.2 Å². The fourth-order valence-electron chi connectivity index (χ4n) is 4.79. The van der Waals surface area contributed by atoms with E-state index in [-0.39, 0.29) is 30.3 Å². The zero-order valence-electron chi connectivity index (χ0n) is 18.0. The van der Waals surface area contributed by atoms with Gasteiger partial charge < -0.3 is 0 Å². The van der Waals surface area contributed by atoms with Crippen molar-refractivity contribution in [2.75, 3.05) is 0 Å². The van der Waals surface area contributed by atoms with Crippen molar-refractivity contribution in [1.82, 2.24) is 0 Å². The van der Waals surface area contributed by atoms with Gasteiger partial charge in [0.1, 0.15) is 0 Å². The summed E-state index contributed by atoms with van der Waals surface area (Å²) in [5.74, 6) is 9.35. The van der Waals surface area contributed by atoms with Gasteiger partial charge in [0.2, 0.25) is 0 Å². The van der Waals surface area contributed by atoms with E-state index in [1.807, 2.05) is 0 Å². The van der Waals surface area contributed by atoms with Gasteiger partial charge in [-0.25, -0.2) is 0 Å². The number of hydrogen-bond acceptors (Lipinski definition) is 0. The molecule has 0 heterocycles. The first-order valence-electron chi connectivity index (χ1n) is 9.64. The maximum atomic E-state index is 4.85. The quantitative estimate of drug-likeness (QED) is 0.236. The second-order valence-electron chi connectivity index (χ2n) is 8.69. The summed E-state index contributed by atoms with van der Waals surface area (Å²) in [5, 5.41) is 0. The Morgan fingerprint density at radius 3 is 0.385 bits per heavy atom. The van der Waals surface area contributed by atoms with E-state index >= 15 is 0 Å². The normalized spacial score (nSPS) is 44.4. The molecule has 0 aromatic carbocycles. The predicted octanol–water partition coefficient (Wildman–Crippen LogP) is 9.11. The third kappa shape index (κ3) is 9.48. The molecule has 0 saturated heterocycles. The monoisotopic (exact) mass is 624 g/mol. The zero-order valence-corrected chi connectivity index (χ0v) is 24.5. The molecular weight excluding hydrogens is 584 g/mol. The molecular formula is C20H40Cl4Ru2. The van der Waals surface area contributed by atoms with Gasteiger partial charge in [-0.05, 0) is 59.2 Å². The SMILES string of the molecule is CC1C(C)C(C)C(C)C1C.CC1C(C)C(C)C(C)C1C.[Cl][Ru][Cl].[Cl][Ru][Cl]. The fraction of sp³-hybridized carbons (Fsp3) is 1.00. The molecule has 2 fully saturated rings. The average molecular weight is 624 g/mol. The molecule has 0 aromatic rings. The molecule has 26 heavy (non-hydrogen) atoms. The summed E-state index contributed by atoms with van der Waals surface area (Å²) in [4.78, 5) is 0. The van der Waals surface area contributed by atoms with Crippen molar-refractivity contribution in [3.05, 3.63) is 0 Å². The molecule has 0 atom stereocenters. The Hall–Kier alpha value is 2.41. The van der Waals surface area contributed by atoms with Crippen molar-refractivity contribution >= 4 is 38.8 Å². The molecule has 0 spiro atoms. The minimum absolute atomic E-state index is 0.346. The molecule has 2 saturated carbocycles. The Kier molecular flexibility index (Phi) is 19.0. The second-order valence-corrected chi connectivity index (χ2v) is 14.0. The molecule has 0 bridgehead atoms. The first kappa shape index (κ1) is 30.6. The van der Waals surface area contributed by atoms with E-state index in [1.165, 1.54) is 0 Å². The molecule has 0 radical (unpaired) electrons. The summed E-state index contributed by atoms with van der Waals surface area (Å²) < 4.78 is 0. The van der Waals surface area contributed by atoms with Crippen LogP contribution in [0, 0.1) is 59.2 Å². The molecule has 0 amide bonds. The predicted molar refractivity (Wildman–Crippen MR) is 115 cm³/mol. The van der Waals surface area contributed by atoms with Crippen LogP contribution in [0.15, 0.2) is 0 Å². The van der Waals surface area contributed by atoms with Crippen molar-refractivity contribution in [1.29, 1.82) is 0 Å². The van der Waals surface area contributed by atoms with Crippen LogP contribution < -0.4 is 0 Å².